The molecule has 3 heterocycles. The molecule has 0 spiro atoms. The van der Waals surface area contributed by atoms with Gasteiger partial charge in [-0.05, 0) is 29.8 Å². The molecule has 1 aromatic heterocycles. The minimum absolute atomic E-state index is 0.0328. The number of carbonyl (C=O) groups is 1. The number of nitrogens with zero attached hydrogens (tertiary/aromatic N) is 5. The zero-order valence-corrected chi connectivity index (χ0v) is 15.7. The van der Waals surface area contributed by atoms with Gasteiger partial charge in [0, 0.05) is 12.7 Å². The Labute approximate surface area is 170 Å². The number of benzene rings is 1. The summed E-state index contributed by atoms with van der Waals surface area (Å²) >= 11 is 0. The van der Waals surface area contributed by atoms with Crippen LogP contribution in [0, 0.1) is 15.9 Å². The lowest BCUT2D eigenvalue weighted by Gasteiger charge is -2.20. The summed E-state index contributed by atoms with van der Waals surface area (Å²) in [5.41, 5.74) is 8.09. The number of ether oxygens (including phenoxy) is 1. The number of cyclic esters (lactones) is 1. The first-order valence-corrected chi connectivity index (χ1v) is 9.08. The Morgan fingerprint density at radius 1 is 1.43 bits per heavy atom. The van der Waals surface area contributed by atoms with Crippen LogP contribution in [0.1, 0.15) is 11.3 Å². The summed E-state index contributed by atoms with van der Waals surface area (Å²) in [5.74, 6) is -0.858. The van der Waals surface area contributed by atoms with Gasteiger partial charge in [0.15, 0.2) is 5.03 Å². The third-order valence-electron chi connectivity index (χ3n) is 4.84. The van der Waals surface area contributed by atoms with Crippen LogP contribution >= 0.6 is 0 Å². The van der Waals surface area contributed by atoms with Gasteiger partial charge in [-0.15, -0.1) is 0 Å². The second-order valence-corrected chi connectivity index (χ2v) is 6.82. The number of halogens is 1. The van der Waals surface area contributed by atoms with Gasteiger partial charge < -0.3 is 20.7 Å². The highest BCUT2D eigenvalue weighted by Gasteiger charge is 2.33. The Hall–Kier alpha value is -3.96. The Morgan fingerprint density at radius 2 is 2.27 bits per heavy atom. The van der Waals surface area contributed by atoms with Gasteiger partial charge in [-0.3, -0.25) is 9.88 Å². The first-order chi connectivity index (χ1) is 14.4. The second-order valence-electron chi connectivity index (χ2n) is 6.82. The summed E-state index contributed by atoms with van der Waals surface area (Å²) in [7, 11) is 0. The molecule has 2 aliphatic rings. The number of carbonyl (C=O) groups excluding carboxylic acids is 1. The Kier molecular flexibility index (Phi) is 5.04. The predicted octanol–water partition coefficient (Wildman–Crippen LogP) is 1.16. The normalized spacial score (nSPS) is 18.4. The number of hydrogen-bond donors (Lipinski definition) is 2. The fourth-order valence-corrected chi connectivity index (χ4v) is 3.47. The van der Waals surface area contributed by atoms with Crippen molar-refractivity contribution in [1.82, 2.24) is 10.3 Å². The SMILES string of the molecule is N/C(=N\[N+](=O)[O-])NCC1CN(c2ccc(N3Cc4cccnc4C3)c(F)c2)C(=O)O1. The van der Waals surface area contributed by atoms with E-state index >= 15 is 0 Å². The minimum atomic E-state index is -0.936. The van der Waals surface area contributed by atoms with Crippen LogP contribution in [0.4, 0.5) is 20.6 Å². The van der Waals surface area contributed by atoms with E-state index in [1.54, 1.807) is 18.3 Å². The number of fused-ring (bicyclic) bond motifs is 1. The average molecular weight is 415 g/mol. The molecule has 11 nitrogen and oxygen atoms in total. The predicted molar refractivity (Wildman–Crippen MR) is 105 cm³/mol. The van der Waals surface area contributed by atoms with Crippen molar-refractivity contribution in [2.45, 2.75) is 19.2 Å². The zero-order valence-electron chi connectivity index (χ0n) is 15.7. The summed E-state index contributed by atoms with van der Waals surface area (Å²) < 4.78 is 20.0. The maximum absolute atomic E-state index is 14.8. The lowest BCUT2D eigenvalue weighted by atomic mass is 10.2. The highest BCUT2D eigenvalue weighted by molar-refractivity contribution is 5.90. The monoisotopic (exact) mass is 415 g/mol. The molecule has 1 saturated heterocycles. The zero-order chi connectivity index (χ0) is 21.3. The summed E-state index contributed by atoms with van der Waals surface area (Å²) in [5, 5.41) is 14.8. The number of guanidine groups is 1. The van der Waals surface area contributed by atoms with E-state index in [-0.39, 0.29) is 13.1 Å². The summed E-state index contributed by atoms with van der Waals surface area (Å²) in [6.07, 6.45) is 0.444. The fourth-order valence-electron chi connectivity index (χ4n) is 3.47. The quantitative estimate of drug-likeness (QED) is 0.321. The van der Waals surface area contributed by atoms with Crippen molar-refractivity contribution in [1.29, 1.82) is 0 Å². The molecule has 1 aromatic carbocycles. The molecular formula is C18H18FN7O4. The molecule has 12 heteroatoms. The van der Waals surface area contributed by atoms with Gasteiger partial charge in [-0.2, -0.15) is 0 Å². The van der Waals surface area contributed by atoms with E-state index in [2.05, 4.69) is 15.4 Å². The maximum atomic E-state index is 14.8. The van der Waals surface area contributed by atoms with Gasteiger partial charge >= 0.3 is 6.09 Å². The van der Waals surface area contributed by atoms with Crippen molar-refractivity contribution in [3.05, 3.63) is 63.7 Å². The van der Waals surface area contributed by atoms with E-state index in [9.17, 15) is 19.3 Å². The van der Waals surface area contributed by atoms with Crippen LogP contribution < -0.4 is 20.9 Å². The van der Waals surface area contributed by atoms with Crippen LogP contribution in [0.5, 0.6) is 0 Å². The van der Waals surface area contributed by atoms with E-state index in [1.807, 2.05) is 17.0 Å². The lowest BCUT2D eigenvalue weighted by Crippen LogP contribution is -2.39. The van der Waals surface area contributed by atoms with Crippen molar-refractivity contribution in [3.8, 4) is 0 Å². The molecule has 1 atom stereocenters. The van der Waals surface area contributed by atoms with E-state index in [0.29, 0.717) is 24.5 Å². The van der Waals surface area contributed by atoms with Crippen molar-refractivity contribution < 1.29 is 19.0 Å². The van der Waals surface area contributed by atoms with Crippen molar-refractivity contribution in [2.24, 2.45) is 10.8 Å². The molecule has 30 heavy (non-hydrogen) atoms. The maximum Gasteiger partial charge on any atom is 0.414 e. The van der Waals surface area contributed by atoms with Gasteiger partial charge in [-0.1, -0.05) is 6.07 Å². The number of pyridine rings is 1. The minimum Gasteiger partial charge on any atom is -0.442 e. The molecule has 3 N–H and O–H groups in total. The van der Waals surface area contributed by atoms with Crippen LogP contribution in [0.15, 0.2) is 41.6 Å². The third-order valence-corrected chi connectivity index (χ3v) is 4.84. The summed E-state index contributed by atoms with van der Waals surface area (Å²) in [6, 6.07) is 8.37. The highest BCUT2D eigenvalue weighted by Crippen LogP contribution is 2.32. The summed E-state index contributed by atoms with van der Waals surface area (Å²) in [4.78, 5) is 29.9. The number of hydrogen-bond acceptors (Lipinski definition) is 6. The Morgan fingerprint density at radius 3 is 3.00 bits per heavy atom. The number of nitrogens with two attached hydrogens (primary N) is 1. The number of anilines is 2. The van der Waals surface area contributed by atoms with E-state index in [4.69, 9.17) is 10.5 Å². The molecule has 2 aliphatic heterocycles. The number of hydrazone groups is 1. The van der Waals surface area contributed by atoms with Crippen molar-refractivity contribution in [3.63, 3.8) is 0 Å². The molecule has 0 bridgehead atoms. The molecular weight excluding hydrogens is 397 g/mol. The lowest BCUT2D eigenvalue weighted by molar-refractivity contribution is -0.485. The summed E-state index contributed by atoms with van der Waals surface area (Å²) in [6.45, 7) is 1.24. The second kappa shape index (κ2) is 7.81. The number of rotatable bonds is 5. The molecule has 1 fully saturated rings. The smallest absolute Gasteiger partial charge is 0.414 e. The fraction of sp³-hybridized carbons (Fsp3) is 0.278. The molecule has 2 aromatic rings. The van der Waals surface area contributed by atoms with Gasteiger partial charge in [0.05, 0.1) is 36.7 Å². The number of nitrogens with one attached hydrogen (secondary N) is 1. The van der Waals surface area contributed by atoms with Crippen LogP contribution in [0.3, 0.4) is 0 Å². The largest absolute Gasteiger partial charge is 0.442 e. The van der Waals surface area contributed by atoms with Gasteiger partial charge in [-0.25, -0.2) is 19.3 Å². The van der Waals surface area contributed by atoms with Crippen LogP contribution in [0.2, 0.25) is 0 Å². The molecule has 156 valence electrons. The molecule has 1 unspecified atom stereocenters. The molecule has 0 radical (unpaired) electrons. The van der Waals surface area contributed by atoms with Gasteiger partial charge in [0.1, 0.15) is 17.0 Å². The molecule has 0 aliphatic carbocycles. The molecule has 0 saturated carbocycles. The third kappa shape index (κ3) is 3.92. The standard InChI is InChI=1S/C18H18FN7O4/c19-14-6-12(3-4-16(14)24-8-11-2-1-5-21-15(11)10-24)25-9-13(30-18(25)27)7-22-17(20)23-26(28)29/h1-6,13H,7-10H2,(H3,20,22,23). The Bertz CT molecular complexity index is 1010. The van der Waals surface area contributed by atoms with E-state index < -0.39 is 29.0 Å². The van der Waals surface area contributed by atoms with E-state index in [0.717, 1.165) is 11.3 Å². The first kappa shape index (κ1) is 19.4. The topological polar surface area (TPSA) is 139 Å². The highest BCUT2D eigenvalue weighted by atomic mass is 19.1. The van der Waals surface area contributed by atoms with Crippen molar-refractivity contribution in [2.75, 3.05) is 22.9 Å². The number of amides is 1. The molecule has 4 rings (SSSR count). The number of nitro groups is 1. The Balaban J connectivity index is 1.42. The van der Waals surface area contributed by atoms with Gasteiger partial charge in [0.2, 0.25) is 0 Å². The number of aromatic nitrogens is 1. The van der Waals surface area contributed by atoms with Gasteiger partial charge in [0.25, 0.3) is 5.96 Å². The van der Waals surface area contributed by atoms with E-state index in [1.165, 1.54) is 11.0 Å². The first-order valence-electron chi connectivity index (χ1n) is 9.08. The van der Waals surface area contributed by atoms with Crippen molar-refractivity contribution >= 4 is 23.4 Å². The average Bonchev–Trinajstić information content (AvgIpc) is 3.29. The molecule has 1 amide bonds. The van der Waals surface area contributed by atoms with Crippen LogP contribution in [0.25, 0.3) is 0 Å². The van der Waals surface area contributed by atoms with Crippen LogP contribution in [-0.2, 0) is 17.8 Å². The van der Waals surface area contributed by atoms with Crippen LogP contribution in [-0.4, -0.2) is 41.3 Å².